The molecule has 0 bridgehead atoms. The third-order valence-electron chi connectivity index (χ3n) is 4.45. The number of hydrogen-bond acceptors (Lipinski definition) is 3. The molecule has 0 aliphatic heterocycles. The molecule has 0 aliphatic rings. The SMILES string of the molecule is Cc1nn(Cc2ccccc2)c(Cl)c1C(=O)NCCNC(=O)Cc1cccc(F)c1. The van der Waals surface area contributed by atoms with Gasteiger partial charge in [0, 0.05) is 13.1 Å². The number of aromatic nitrogens is 2. The Bertz CT molecular complexity index is 1040. The third-order valence-corrected chi connectivity index (χ3v) is 4.84. The van der Waals surface area contributed by atoms with Crippen molar-refractivity contribution in [3.8, 4) is 0 Å². The molecule has 0 unspecified atom stereocenters. The standard InChI is InChI=1S/C22H22ClFN4O2/c1-15-20(21(23)28(27-15)14-16-6-3-2-4-7-16)22(30)26-11-10-25-19(29)13-17-8-5-9-18(24)12-17/h2-9,12H,10-11,13-14H2,1H3,(H,25,29)(H,26,30). The zero-order valence-electron chi connectivity index (χ0n) is 16.5. The number of nitrogens with zero attached hydrogens (tertiary/aromatic N) is 2. The van der Waals surface area contributed by atoms with Crippen molar-refractivity contribution >= 4 is 23.4 Å². The van der Waals surface area contributed by atoms with Crippen molar-refractivity contribution in [1.82, 2.24) is 20.4 Å². The number of carbonyl (C=O) groups is 2. The van der Waals surface area contributed by atoms with E-state index in [-0.39, 0.29) is 42.3 Å². The lowest BCUT2D eigenvalue weighted by atomic mass is 10.1. The Labute approximate surface area is 179 Å². The Morgan fingerprint density at radius 3 is 2.47 bits per heavy atom. The second-order valence-electron chi connectivity index (χ2n) is 6.81. The molecule has 0 atom stereocenters. The average molecular weight is 429 g/mol. The van der Waals surface area contributed by atoms with E-state index in [9.17, 15) is 14.0 Å². The summed E-state index contributed by atoms with van der Waals surface area (Å²) in [4.78, 5) is 24.5. The van der Waals surface area contributed by atoms with Crippen LogP contribution in [0.5, 0.6) is 0 Å². The molecule has 2 amide bonds. The lowest BCUT2D eigenvalue weighted by Crippen LogP contribution is -2.35. The van der Waals surface area contributed by atoms with Crippen LogP contribution in [0.1, 0.15) is 27.2 Å². The van der Waals surface area contributed by atoms with Crippen molar-refractivity contribution in [2.24, 2.45) is 0 Å². The van der Waals surface area contributed by atoms with Crippen molar-refractivity contribution in [3.63, 3.8) is 0 Å². The van der Waals surface area contributed by atoms with Gasteiger partial charge in [-0.15, -0.1) is 0 Å². The molecule has 2 aromatic carbocycles. The summed E-state index contributed by atoms with van der Waals surface area (Å²) in [7, 11) is 0. The summed E-state index contributed by atoms with van der Waals surface area (Å²) in [6, 6.07) is 15.6. The summed E-state index contributed by atoms with van der Waals surface area (Å²) in [5.74, 6) is -0.983. The number of amides is 2. The topological polar surface area (TPSA) is 76.0 Å². The van der Waals surface area contributed by atoms with Gasteiger partial charge in [-0.3, -0.25) is 9.59 Å². The molecular weight excluding hydrogens is 407 g/mol. The first-order chi connectivity index (χ1) is 14.4. The van der Waals surface area contributed by atoms with Crippen molar-refractivity contribution in [2.45, 2.75) is 19.9 Å². The van der Waals surface area contributed by atoms with E-state index in [4.69, 9.17) is 11.6 Å². The van der Waals surface area contributed by atoms with Crippen LogP contribution in [0.2, 0.25) is 5.15 Å². The van der Waals surface area contributed by atoms with Crippen molar-refractivity contribution in [2.75, 3.05) is 13.1 Å². The van der Waals surface area contributed by atoms with Gasteiger partial charge in [0.15, 0.2) is 0 Å². The minimum atomic E-state index is -0.382. The normalized spacial score (nSPS) is 10.6. The molecule has 1 aromatic heterocycles. The smallest absolute Gasteiger partial charge is 0.256 e. The first-order valence-electron chi connectivity index (χ1n) is 9.50. The highest BCUT2D eigenvalue weighted by molar-refractivity contribution is 6.33. The van der Waals surface area contributed by atoms with Crippen LogP contribution in [0.25, 0.3) is 0 Å². The predicted molar refractivity (Wildman–Crippen MR) is 113 cm³/mol. The molecule has 30 heavy (non-hydrogen) atoms. The molecular formula is C22H22ClFN4O2. The molecule has 0 radical (unpaired) electrons. The number of nitrogens with one attached hydrogen (secondary N) is 2. The second kappa shape index (κ2) is 10.0. The molecule has 0 fully saturated rings. The van der Waals surface area contributed by atoms with Crippen molar-refractivity contribution in [3.05, 3.63) is 88.0 Å². The molecule has 0 spiro atoms. The minimum Gasteiger partial charge on any atom is -0.354 e. The maximum absolute atomic E-state index is 13.2. The molecule has 1 heterocycles. The van der Waals surface area contributed by atoms with Gasteiger partial charge in [-0.25, -0.2) is 9.07 Å². The van der Waals surface area contributed by atoms with Crippen LogP contribution in [0.15, 0.2) is 54.6 Å². The number of halogens is 2. The summed E-state index contributed by atoms with van der Waals surface area (Å²) in [5.41, 5.74) is 2.46. The molecule has 0 aliphatic carbocycles. The minimum absolute atomic E-state index is 0.0723. The number of rotatable bonds is 8. The average Bonchev–Trinajstić information content (AvgIpc) is 2.99. The highest BCUT2D eigenvalue weighted by atomic mass is 35.5. The molecule has 6 nitrogen and oxygen atoms in total. The predicted octanol–water partition coefficient (Wildman–Crippen LogP) is 3.12. The fraction of sp³-hybridized carbons (Fsp3) is 0.227. The van der Waals surface area contributed by atoms with E-state index in [1.54, 1.807) is 23.7 Å². The summed E-state index contributed by atoms with van der Waals surface area (Å²) in [6.45, 7) is 2.66. The Balaban J connectivity index is 1.49. The summed E-state index contributed by atoms with van der Waals surface area (Å²) < 4.78 is 14.8. The van der Waals surface area contributed by atoms with Crippen molar-refractivity contribution in [1.29, 1.82) is 0 Å². The van der Waals surface area contributed by atoms with Crippen LogP contribution in [0.4, 0.5) is 4.39 Å². The van der Waals surface area contributed by atoms with Gasteiger partial charge in [0.05, 0.1) is 24.2 Å². The number of carbonyl (C=O) groups excluding carboxylic acids is 2. The van der Waals surface area contributed by atoms with Crippen LogP contribution in [0, 0.1) is 12.7 Å². The Hall–Kier alpha value is -3.19. The van der Waals surface area contributed by atoms with Crippen LogP contribution in [-0.4, -0.2) is 34.7 Å². The third kappa shape index (κ3) is 5.67. The fourth-order valence-electron chi connectivity index (χ4n) is 3.03. The lowest BCUT2D eigenvalue weighted by molar-refractivity contribution is -0.120. The van der Waals surface area contributed by atoms with E-state index in [1.165, 1.54) is 12.1 Å². The van der Waals surface area contributed by atoms with Gasteiger partial charge in [-0.05, 0) is 30.2 Å². The summed E-state index contributed by atoms with van der Waals surface area (Å²) in [5, 5.41) is 10.1. The Kier molecular flexibility index (Phi) is 7.19. The number of hydrogen-bond donors (Lipinski definition) is 2. The van der Waals surface area contributed by atoms with Gasteiger partial charge in [0.1, 0.15) is 11.0 Å². The molecule has 156 valence electrons. The van der Waals surface area contributed by atoms with Gasteiger partial charge in [0.25, 0.3) is 5.91 Å². The molecule has 0 saturated carbocycles. The van der Waals surface area contributed by atoms with E-state index in [0.717, 1.165) is 5.56 Å². The molecule has 2 N–H and O–H groups in total. The summed E-state index contributed by atoms with van der Waals surface area (Å²) >= 11 is 6.38. The van der Waals surface area contributed by atoms with E-state index in [0.29, 0.717) is 23.4 Å². The lowest BCUT2D eigenvalue weighted by Gasteiger charge is -2.08. The maximum Gasteiger partial charge on any atom is 0.256 e. The Morgan fingerprint density at radius 1 is 1.03 bits per heavy atom. The van der Waals surface area contributed by atoms with E-state index in [1.807, 2.05) is 30.3 Å². The van der Waals surface area contributed by atoms with Crippen LogP contribution in [-0.2, 0) is 17.8 Å². The van der Waals surface area contributed by atoms with Gasteiger partial charge in [-0.1, -0.05) is 54.1 Å². The monoisotopic (exact) mass is 428 g/mol. The zero-order chi connectivity index (χ0) is 21.5. The second-order valence-corrected chi connectivity index (χ2v) is 7.17. The first kappa shape index (κ1) is 21.5. The first-order valence-corrected chi connectivity index (χ1v) is 9.88. The van der Waals surface area contributed by atoms with Gasteiger partial charge in [0.2, 0.25) is 5.91 Å². The zero-order valence-corrected chi connectivity index (χ0v) is 17.2. The van der Waals surface area contributed by atoms with Gasteiger partial charge in [-0.2, -0.15) is 5.10 Å². The summed E-state index contributed by atoms with van der Waals surface area (Å²) in [6.07, 6.45) is 0.0723. The highest BCUT2D eigenvalue weighted by Gasteiger charge is 2.20. The number of benzene rings is 2. The van der Waals surface area contributed by atoms with Crippen molar-refractivity contribution < 1.29 is 14.0 Å². The van der Waals surface area contributed by atoms with E-state index in [2.05, 4.69) is 15.7 Å². The van der Waals surface area contributed by atoms with Crippen LogP contribution < -0.4 is 10.6 Å². The molecule has 3 rings (SSSR count). The van der Waals surface area contributed by atoms with E-state index >= 15 is 0 Å². The van der Waals surface area contributed by atoms with Gasteiger partial charge < -0.3 is 10.6 Å². The maximum atomic E-state index is 13.2. The fourth-order valence-corrected chi connectivity index (χ4v) is 3.35. The highest BCUT2D eigenvalue weighted by Crippen LogP contribution is 2.20. The quantitative estimate of drug-likeness (QED) is 0.541. The van der Waals surface area contributed by atoms with Gasteiger partial charge >= 0.3 is 0 Å². The van der Waals surface area contributed by atoms with E-state index < -0.39 is 0 Å². The number of aryl methyl sites for hydroxylation is 1. The van der Waals surface area contributed by atoms with Crippen LogP contribution in [0.3, 0.4) is 0 Å². The largest absolute Gasteiger partial charge is 0.354 e. The molecule has 3 aromatic rings. The Morgan fingerprint density at radius 2 is 1.73 bits per heavy atom. The molecule has 0 saturated heterocycles. The van der Waals surface area contributed by atoms with Crippen LogP contribution >= 0.6 is 11.6 Å². The molecule has 8 heteroatoms.